The molecule has 0 radical (unpaired) electrons. The molecule has 0 saturated heterocycles. The van der Waals surface area contributed by atoms with Crippen molar-refractivity contribution >= 4 is 17.8 Å². The maximum Gasteiger partial charge on any atom is 0.330 e. The molecule has 0 spiro atoms. The van der Waals surface area contributed by atoms with Gasteiger partial charge in [0.1, 0.15) is 11.8 Å². The van der Waals surface area contributed by atoms with Gasteiger partial charge in [0.2, 0.25) is 5.91 Å². The summed E-state index contributed by atoms with van der Waals surface area (Å²) in [5.74, 6) is -1.82. The molecular formula is C15H17NO6. The van der Waals surface area contributed by atoms with Gasteiger partial charge >= 0.3 is 11.9 Å². The normalized spacial score (nSPS) is 11.7. The summed E-state index contributed by atoms with van der Waals surface area (Å²) in [5.41, 5.74) is 0.727. The molecule has 0 aliphatic heterocycles. The number of esters is 2. The summed E-state index contributed by atoms with van der Waals surface area (Å²) in [6.07, 6.45) is 2.10. The number of amides is 1. The minimum Gasteiger partial charge on any atom is -0.508 e. The van der Waals surface area contributed by atoms with Gasteiger partial charge in [-0.3, -0.25) is 4.79 Å². The minimum atomic E-state index is -0.913. The number of hydrogen-bond acceptors (Lipinski definition) is 6. The van der Waals surface area contributed by atoms with Crippen LogP contribution in [0.4, 0.5) is 0 Å². The van der Waals surface area contributed by atoms with Gasteiger partial charge in [0.25, 0.3) is 0 Å². The first-order valence-corrected chi connectivity index (χ1v) is 6.38. The summed E-state index contributed by atoms with van der Waals surface area (Å²) in [4.78, 5) is 34.3. The van der Waals surface area contributed by atoms with Gasteiger partial charge in [-0.05, 0) is 17.7 Å². The largest absolute Gasteiger partial charge is 0.508 e. The number of hydrogen-bond donors (Lipinski definition) is 2. The number of carbonyl (C=O) groups excluding carboxylic acids is 3. The average molecular weight is 307 g/mol. The molecule has 1 aromatic carbocycles. The van der Waals surface area contributed by atoms with E-state index in [0.717, 1.165) is 17.7 Å². The molecule has 7 heteroatoms. The lowest BCUT2D eigenvalue weighted by atomic mass is 10.1. The Bertz CT molecular complexity index is 564. The third-order valence-electron chi connectivity index (χ3n) is 2.75. The van der Waals surface area contributed by atoms with Gasteiger partial charge < -0.3 is 19.9 Å². The molecule has 118 valence electrons. The predicted octanol–water partition coefficient (Wildman–Crippen LogP) is 0.322. The number of rotatable bonds is 6. The van der Waals surface area contributed by atoms with E-state index in [0.29, 0.717) is 0 Å². The first-order valence-electron chi connectivity index (χ1n) is 6.38. The molecule has 0 aromatic heterocycles. The van der Waals surface area contributed by atoms with E-state index in [1.54, 1.807) is 12.1 Å². The number of methoxy groups -OCH3 is 2. The lowest BCUT2D eigenvalue weighted by molar-refractivity contribution is -0.144. The van der Waals surface area contributed by atoms with Crippen LogP contribution in [0.3, 0.4) is 0 Å². The third kappa shape index (κ3) is 5.66. The molecule has 7 nitrogen and oxygen atoms in total. The van der Waals surface area contributed by atoms with Gasteiger partial charge in [0.05, 0.1) is 14.2 Å². The topological polar surface area (TPSA) is 102 Å². The number of ether oxygens (including phenoxy) is 2. The van der Waals surface area contributed by atoms with Crippen LogP contribution in [0.15, 0.2) is 36.4 Å². The molecule has 0 bridgehead atoms. The molecule has 0 heterocycles. The highest BCUT2D eigenvalue weighted by Crippen LogP contribution is 2.11. The number of nitrogens with one attached hydrogen (secondary N) is 1. The van der Waals surface area contributed by atoms with E-state index in [4.69, 9.17) is 0 Å². The number of benzene rings is 1. The van der Waals surface area contributed by atoms with E-state index < -0.39 is 23.9 Å². The van der Waals surface area contributed by atoms with Gasteiger partial charge in [0, 0.05) is 18.6 Å². The molecule has 1 atom stereocenters. The van der Waals surface area contributed by atoms with Crippen molar-refractivity contribution in [3.63, 3.8) is 0 Å². The van der Waals surface area contributed by atoms with Gasteiger partial charge in [-0.2, -0.15) is 0 Å². The van der Waals surface area contributed by atoms with Gasteiger partial charge in [0.15, 0.2) is 0 Å². The van der Waals surface area contributed by atoms with Crippen LogP contribution >= 0.6 is 0 Å². The Hall–Kier alpha value is -2.83. The highest BCUT2D eigenvalue weighted by molar-refractivity contribution is 5.96. The molecule has 0 aliphatic rings. The molecule has 1 rings (SSSR count). The van der Waals surface area contributed by atoms with E-state index in [2.05, 4.69) is 14.8 Å². The molecule has 0 fully saturated rings. The van der Waals surface area contributed by atoms with E-state index in [1.165, 1.54) is 26.4 Å². The van der Waals surface area contributed by atoms with Gasteiger partial charge in [-0.1, -0.05) is 12.1 Å². The Morgan fingerprint density at radius 3 is 2.32 bits per heavy atom. The van der Waals surface area contributed by atoms with Crippen LogP contribution in [0.25, 0.3) is 0 Å². The fourth-order valence-electron chi connectivity index (χ4n) is 1.63. The Morgan fingerprint density at radius 2 is 1.77 bits per heavy atom. The number of carbonyl (C=O) groups is 3. The van der Waals surface area contributed by atoms with Crippen LogP contribution in [0, 0.1) is 0 Å². The second kappa shape index (κ2) is 8.46. The van der Waals surface area contributed by atoms with Crippen LogP contribution in [0.2, 0.25) is 0 Å². The predicted molar refractivity (Wildman–Crippen MR) is 76.9 cm³/mol. The monoisotopic (exact) mass is 307 g/mol. The standard InChI is InChI=1S/C15H17NO6/c1-21-14(19)8-7-13(18)16-12(15(20)22-2)9-10-3-5-11(17)6-4-10/h3-8,12,17H,9H2,1-2H3,(H,16,18). The molecule has 22 heavy (non-hydrogen) atoms. The summed E-state index contributed by atoms with van der Waals surface area (Å²) >= 11 is 0. The summed E-state index contributed by atoms with van der Waals surface area (Å²) in [6.45, 7) is 0. The summed E-state index contributed by atoms with van der Waals surface area (Å²) in [5, 5.41) is 11.7. The van der Waals surface area contributed by atoms with Crippen molar-refractivity contribution in [1.82, 2.24) is 5.32 Å². The van der Waals surface area contributed by atoms with E-state index in [-0.39, 0.29) is 12.2 Å². The highest BCUT2D eigenvalue weighted by atomic mass is 16.5. The Balaban J connectivity index is 2.74. The molecule has 1 aromatic rings. The van der Waals surface area contributed by atoms with Crippen molar-refractivity contribution in [2.75, 3.05) is 14.2 Å². The quantitative estimate of drug-likeness (QED) is 0.580. The SMILES string of the molecule is COC(=O)C=CC(=O)NC(Cc1ccc(O)cc1)C(=O)OC. The van der Waals surface area contributed by atoms with Crippen LogP contribution < -0.4 is 5.32 Å². The van der Waals surface area contributed by atoms with Gasteiger partial charge in [-0.15, -0.1) is 0 Å². The second-order valence-electron chi connectivity index (χ2n) is 4.31. The fourth-order valence-corrected chi connectivity index (χ4v) is 1.63. The lowest BCUT2D eigenvalue weighted by Gasteiger charge is -2.15. The van der Waals surface area contributed by atoms with Crippen molar-refractivity contribution < 1.29 is 29.0 Å². The zero-order valence-electron chi connectivity index (χ0n) is 12.2. The first kappa shape index (κ1) is 17.2. The van der Waals surface area contributed by atoms with Crippen LogP contribution in [-0.4, -0.2) is 43.2 Å². The number of phenols is 1. The van der Waals surface area contributed by atoms with E-state index in [9.17, 15) is 19.5 Å². The minimum absolute atomic E-state index is 0.100. The smallest absolute Gasteiger partial charge is 0.330 e. The van der Waals surface area contributed by atoms with Crippen molar-refractivity contribution in [2.24, 2.45) is 0 Å². The summed E-state index contributed by atoms with van der Waals surface area (Å²) in [7, 11) is 2.40. The molecule has 0 saturated carbocycles. The summed E-state index contributed by atoms with van der Waals surface area (Å²) < 4.78 is 9.00. The van der Waals surface area contributed by atoms with Crippen molar-refractivity contribution in [3.05, 3.63) is 42.0 Å². The van der Waals surface area contributed by atoms with Crippen LogP contribution in [0.1, 0.15) is 5.56 Å². The molecular weight excluding hydrogens is 290 g/mol. The highest BCUT2D eigenvalue weighted by Gasteiger charge is 2.21. The van der Waals surface area contributed by atoms with Crippen molar-refractivity contribution in [3.8, 4) is 5.75 Å². The number of phenolic OH excluding ortho intramolecular Hbond substituents is 1. The molecule has 2 N–H and O–H groups in total. The Morgan fingerprint density at radius 1 is 1.14 bits per heavy atom. The first-order chi connectivity index (χ1) is 10.5. The van der Waals surface area contributed by atoms with Crippen molar-refractivity contribution in [1.29, 1.82) is 0 Å². The molecule has 0 aliphatic carbocycles. The lowest BCUT2D eigenvalue weighted by Crippen LogP contribution is -2.42. The average Bonchev–Trinajstić information content (AvgIpc) is 2.53. The zero-order valence-corrected chi connectivity index (χ0v) is 12.2. The fraction of sp³-hybridized carbons (Fsp3) is 0.267. The van der Waals surface area contributed by atoms with Crippen molar-refractivity contribution in [2.45, 2.75) is 12.5 Å². The Labute approximate surface area is 127 Å². The van der Waals surface area contributed by atoms with Crippen LogP contribution in [0.5, 0.6) is 5.75 Å². The van der Waals surface area contributed by atoms with Gasteiger partial charge in [-0.25, -0.2) is 9.59 Å². The molecule has 1 amide bonds. The molecule has 1 unspecified atom stereocenters. The third-order valence-corrected chi connectivity index (χ3v) is 2.75. The van der Waals surface area contributed by atoms with E-state index in [1.807, 2.05) is 0 Å². The zero-order chi connectivity index (χ0) is 16.5. The summed E-state index contributed by atoms with van der Waals surface area (Å²) in [6, 6.07) is 5.29. The maximum atomic E-state index is 11.7. The number of aromatic hydroxyl groups is 1. The van der Waals surface area contributed by atoms with E-state index >= 15 is 0 Å². The van der Waals surface area contributed by atoms with Crippen LogP contribution in [-0.2, 0) is 30.3 Å². The Kier molecular flexibility index (Phi) is 6.62. The maximum absolute atomic E-state index is 11.7. The second-order valence-corrected chi connectivity index (χ2v) is 4.31.